The Morgan fingerprint density at radius 1 is 1.20 bits per heavy atom. The number of piperidine rings is 1. The van der Waals surface area contributed by atoms with Crippen molar-refractivity contribution in [2.45, 2.75) is 46.0 Å². The number of hydrogen-bond acceptors (Lipinski definition) is 3. The van der Waals surface area contributed by atoms with E-state index < -0.39 is 11.4 Å². The van der Waals surface area contributed by atoms with Crippen LogP contribution in [0, 0.1) is 36.5 Å². The van der Waals surface area contributed by atoms with Crippen molar-refractivity contribution in [1.82, 2.24) is 4.90 Å². The van der Waals surface area contributed by atoms with Crippen LogP contribution < -0.4 is 0 Å². The zero-order chi connectivity index (χ0) is 18.2. The Hall–Kier alpha value is -2.35. The van der Waals surface area contributed by atoms with Gasteiger partial charge in [0.25, 0.3) is 5.91 Å². The lowest BCUT2D eigenvalue weighted by molar-refractivity contribution is -0.161. The van der Waals surface area contributed by atoms with E-state index in [4.69, 9.17) is 5.26 Å². The Morgan fingerprint density at radius 3 is 2.16 bits per heavy atom. The standard InChI is InChI=1S/C20H24N2O3/c1-13-10-15(12-21)11-14(2)17(13)18(23)22-8-4-16(5-9-22)20(19(24)25)6-3-7-20/h10-11,16H,3-9H2,1-2H3,(H,24,25). The number of aliphatic carboxylic acids is 1. The van der Waals surface area contributed by atoms with Gasteiger partial charge in [-0.05, 0) is 68.7 Å². The van der Waals surface area contributed by atoms with Crippen LogP contribution in [0.4, 0.5) is 0 Å². The molecule has 0 unspecified atom stereocenters. The van der Waals surface area contributed by atoms with E-state index in [1.54, 1.807) is 12.1 Å². The maximum atomic E-state index is 12.9. The van der Waals surface area contributed by atoms with Crippen molar-refractivity contribution in [2.24, 2.45) is 11.3 Å². The highest BCUT2D eigenvalue weighted by atomic mass is 16.4. The molecule has 132 valence electrons. The molecule has 2 aliphatic rings. The van der Waals surface area contributed by atoms with Gasteiger partial charge in [-0.25, -0.2) is 0 Å². The SMILES string of the molecule is Cc1cc(C#N)cc(C)c1C(=O)N1CCC(C2(C(=O)O)CCC2)CC1. The zero-order valence-electron chi connectivity index (χ0n) is 14.8. The number of carbonyl (C=O) groups is 2. The number of likely N-dealkylation sites (tertiary alicyclic amines) is 1. The van der Waals surface area contributed by atoms with Crippen LogP contribution in [0.15, 0.2) is 12.1 Å². The second-order valence-corrected chi connectivity index (χ2v) is 7.48. The minimum Gasteiger partial charge on any atom is -0.481 e. The molecule has 5 nitrogen and oxygen atoms in total. The van der Waals surface area contributed by atoms with Crippen LogP contribution in [-0.2, 0) is 4.79 Å². The van der Waals surface area contributed by atoms with Gasteiger partial charge in [0.05, 0.1) is 17.0 Å². The van der Waals surface area contributed by atoms with E-state index in [9.17, 15) is 14.7 Å². The highest BCUT2D eigenvalue weighted by Gasteiger charge is 2.51. The average Bonchev–Trinajstić information content (AvgIpc) is 2.53. The molecule has 1 heterocycles. The number of carboxylic acid groups (broad SMARTS) is 1. The van der Waals surface area contributed by atoms with E-state index in [0.29, 0.717) is 24.2 Å². The Kier molecular flexibility index (Phi) is 4.55. The summed E-state index contributed by atoms with van der Waals surface area (Å²) in [6.07, 6.45) is 4.05. The average molecular weight is 340 g/mol. The van der Waals surface area contributed by atoms with Gasteiger partial charge in [0.15, 0.2) is 0 Å². The monoisotopic (exact) mass is 340 g/mol. The molecule has 1 N–H and O–H groups in total. The largest absolute Gasteiger partial charge is 0.481 e. The fourth-order valence-corrected chi connectivity index (χ4v) is 4.51. The molecule has 3 rings (SSSR count). The van der Waals surface area contributed by atoms with Crippen molar-refractivity contribution in [1.29, 1.82) is 5.26 Å². The van der Waals surface area contributed by atoms with Gasteiger partial charge in [-0.1, -0.05) is 6.42 Å². The first kappa shape index (κ1) is 17.5. The molecule has 1 amide bonds. The topological polar surface area (TPSA) is 81.4 Å². The second kappa shape index (κ2) is 6.51. The number of benzene rings is 1. The van der Waals surface area contributed by atoms with E-state index in [1.807, 2.05) is 18.7 Å². The van der Waals surface area contributed by atoms with E-state index >= 15 is 0 Å². The summed E-state index contributed by atoms with van der Waals surface area (Å²) >= 11 is 0. The number of amides is 1. The first-order chi connectivity index (χ1) is 11.9. The Balaban J connectivity index is 1.73. The van der Waals surface area contributed by atoms with Crippen LogP contribution in [-0.4, -0.2) is 35.0 Å². The lowest BCUT2D eigenvalue weighted by Gasteiger charge is -2.47. The third-order valence-electron chi connectivity index (χ3n) is 6.11. The number of hydrogen-bond donors (Lipinski definition) is 1. The maximum absolute atomic E-state index is 12.9. The molecule has 5 heteroatoms. The highest BCUT2D eigenvalue weighted by molar-refractivity contribution is 5.97. The predicted octanol–water partition coefficient (Wildman–Crippen LogP) is 3.28. The first-order valence-electron chi connectivity index (χ1n) is 8.93. The highest BCUT2D eigenvalue weighted by Crippen LogP contribution is 2.51. The number of carbonyl (C=O) groups excluding carboxylic acids is 1. The second-order valence-electron chi connectivity index (χ2n) is 7.48. The normalized spacial score (nSPS) is 19.8. The summed E-state index contributed by atoms with van der Waals surface area (Å²) < 4.78 is 0. The van der Waals surface area contributed by atoms with Crippen molar-refractivity contribution >= 4 is 11.9 Å². The summed E-state index contributed by atoms with van der Waals surface area (Å²) in [4.78, 5) is 26.5. The number of aryl methyl sites for hydroxylation is 2. The van der Waals surface area contributed by atoms with Gasteiger partial charge in [-0.15, -0.1) is 0 Å². The molecule has 1 aromatic carbocycles. The molecule has 0 spiro atoms. The van der Waals surface area contributed by atoms with Crippen molar-refractivity contribution in [2.75, 3.05) is 13.1 Å². The fraction of sp³-hybridized carbons (Fsp3) is 0.550. The molecule has 0 aromatic heterocycles. The summed E-state index contributed by atoms with van der Waals surface area (Å²) in [5, 5.41) is 18.7. The summed E-state index contributed by atoms with van der Waals surface area (Å²) in [6, 6.07) is 5.62. The third-order valence-corrected chi connectivity index (χ3v) is 6.11. The van der Waals surface area contributed by atoms with Gasteiger partial charge in [0.1, 0.15) is 0 Å². The van der Waals surface area contributed by atoms with E-state index in [2.05, 4.69) is 6.07 Å². The molecule has 0 atom stereocenters. The Morgan fingerprint density at radius 2 is 1.76 bits per heavy atom. The molecular formula is C20H24N2O3. The molecule has 2 fully saturated rings. The van der Waals surface area contributed by atoms with Crippen LogP contribution in [0.5, 0.6) is 0 Å². The number of carboxylic acids is 1. The van der Waals surface area contributed by atoms with Gasteiger partial charge >= 0.3 is 5.97 Å². The summed E-state index contributed by atoms with van der Waals surface area (Å²) in [6.45, 7) is 4.94. The van der Waals surface area contributed by atoms with Gasteiger partial charge in [-0.2, -0.15) is 5.26 Å². The zero-order valence-corrected chi connectivity index (χ0v) is 14.8. The molecule has 1 aliphatic heterocycles. The number of nitrogens with zero attached hydrogens (tertiary/aromatic N) is 2. The van der Waals surface area contributed by atoms with Crippen LogP contribution in [0.2, 0.25) is 0 Å². The quantitative estimate of drug-likeness (QED) is 0.915. The molecule has 1 saturated heterocycles. The van der Waals surface area contributed by atoms with Crippen LogP contribution >= 0.6 is 0 Å². The predicted molar refractivity (Wildman–Crippen MR) is 93.2 cm³/mol. The molecule has 0 bridgehead atoms. The smallest absolute Gasteiger partial charge is 0.309 e. The molecule has 1 saturated carbocycles. The molecule has 1 aliphatic carbocycles. The van der Waals surface area contributed by atoms with Crippen LogP contribution in [0.25, 0.3) is 0 Å². The van der Waals surface area contributed by atoms with Crippen molar-refractivity contribution in [3.63, 3.8) is 0 Å². The van der Waals surface area contributed by atoms with E-state index in [-0.39, 0.29) is 11.8 Å². The summed E-state index contributed by atoms with van der Waals surface area (Å²) in [5.74, 6) is -0.496. The summed E-state index contributed by atoms with van der Waals surface area (Å²) in [5.41, 5.74) is 2.34. The minimum atomic E-state index is -0.665. The Bertz CT molecular complexity index is 728. The lowest BCUT2D eigenvalue weighted by Crippen LogP contribution is -2.50. The van der Waals surface area contributed by atoms with E-state index in [0.717, 1.165) is 43.2 Å². The first-order valence-corrected chi connectivity index (χ1v) is 8.93. The van der Waals surface area contributed by atoms with Crippen molar-refractivity contribution < 1.29 is 14.7 Å². The molecule has 1 aromatic rings. The van der Waals surface area contributed by atoms with Gasteiger partial charge in [-0.3, -0.25) is 9.59 Å². The number of nitriles is 1. The van der Waals surface area contributed by atoms with Gasteiger partial charge < -0.3 is 10.0 Å². The van der Waals surface area contributed by atoms with Gasteiger partial charge in [0.2, 0.25) is 0 Å². The fourth-order valence-electron chi connectivity index (χ4n) is 4.51. The lowest BCUT2D eigenvalue weighted by atomic mass is 9.58. The van der Waals surface area contributed by atoms with Crippen molar-refractivity contribution in [3.8, 4) is 6.07 Å². The van der Waals surface area contributed by atoms with Crippen LogP contribution in [0.3, 0.4) is 0 Å². The number of rotatable bonds is 3. The third kappa shape index (κ3) is 2.90. The van der Waals surface area contributed by atoms with Crippen molar-refractivity contribution in [3.05, 3.63) is 34.4 Å². The maximum Gasteiger partial charge on any atom is 0.309 e. The van der Waals surface area contributed by atoms with Crippen LogP contribution in [0.1, 0.15) is 59.2 Å². The van der Waals surface area contributed by atoms with E-state index in [1.165, 1.54) is 0 Å². The van der Waals surface area contributed by atoms with Gasteiger partial charge in [0, 0.05) is 18.7 Å². The minimum absolute atomic E-state index is 0.00377. The molecule has 0 radical (unpaired) electrons. The molecule has 25 heavy (non-hydrogen) atoms. The summed E-state index contributed by atoms with van der Waals surface area (Å²) in [7, 11) is 0. The molecular weight excluding hydrogens is 316 g/mol. The Labute approximate surface area is 148 Å².